The summed E-state index contributed by atoms with van der Waals surface area (Å²) in [6.07, 6.45) is 2.17. The van der Waals surface area contributed by atoms with Gasteiger partial charge in [-0.15, -0.1) is 0 Å². The average molecular weight is 326 g/mol. The van der Waals surface area contributed by atoms with Gasteiger partial charge in [-0.3, -0.25) is 4.79 Å². The second kappa shape index (κ2) is 7.90. The molecule has 0 spiro atoms. The van der Waals surface area contributed by atoms with E-state index in [9.17, 15) is 4.79 Å². The van der Waals surface area contributed by atoms with Crippen LogP contribution in [0.3, 0.4) is 0 Å². The summed E-state index contributed by atoms with van der Waals surface area (Å²) < 4.78 is 0. The van der Waals surface area contributed by atoms with Crippen molar-refractivity contribution in [3.8, 4) is 0 Å². The Labute approximate surface area is 144 Å². The first-order valence-electron chi connectivity index (χ1n) is 8.36. The van der Waals surface area contributed by atoms with Crippen molar-refractivity contribution in [1.29, 1.82) is 0 Å². The minimum Gasteiger partial charge on any atom is -0.344 e. The van der Waals surface area contributed by atoms with Gasteiger partial charge in [0.2, 0.25) is 5.95 Å². The zero-order valence-corrected chi connectivity index (χ0v) is 15.2. The van der Waals surface area contributed by atoms with E-state index in [1.165, 1.54) is 5.56 Å². The van der Waals surface area contributed by atoms with Crippen molar-refractivity contribution in [1.82, 2.24) is 9.97 Å². The van der Waals surface area contributed by atoms with Crippen LogP contribution >= 0.6 is 0 Å². The van der Waals surface area contributed by atoms with E-state index >= 15 is 0 Å². The summed E-state index contributed by atoms with van der Waals surface area (Å²) in [7, 11) is 1.95. The summed E-state index contributed by atoms with van der Waals surface area (Å²) in [5.74, 6) is 0.377. The third kappa shape index (κ3) is 4.54. The number of hydrogen-bond acceptors (Lipinski definition) is 4. The molecule has 0 fully saturated rings. The van der Waals surface area contributed by atoms with Gasteiger partial charge in [-0.05, 0) is 56.5 Å². The fraction of sp³-hybridized carbons (Fsp3) is 0.421. The molecule has 1 aromatic heterocycles. The molecule has 0 atom stereocenters. The Morgan fingerprint density at radius 3 is 2.54 bits per heavy atom. The Hall–Kier alpha value is -2.43. The van der Waals surface area contributed by atoms with Crippen molar-refractivity contribution in [2.45, 2.75) is 40.5 Å². The van der Waals surface area contributed by atoms with Crippen LogP contribution in [-0.4, -0.2) is 29.5 Å². The molecule has 0 saturated heterocycles. The minimum atomic E-state index is -0.214. The lowest BCUT2D eigenvalue weighted by molar-refractivity contribution is 0.102. The molecule has 1 amide bonds. The monoisotopic (exact) mass is 326 g/mol. The molecule has 2 rings (SSSR count). The first-order valence-corrected chi connectivity index (χ1v) is 8.36. The summed E-state index contributed by atoms with van der Waals surface area (Å²) in [4.78, 5) is 23.4. The second-order valence-electron chi connectivity index (χ2n) is 6.22. The average Bonchev–Trinajstić information content (AvgIpc) is 2.55. The number of anilines is 2. The van der Waals surface area contributed by atoms with E-state index < -0.39 is 0 Å². The number of benzene rings is 1. The van der Waals surface area contributed by atoms with Crippen LogP contribution < -0.4 is 10.2 Å². The molecule has 1 N–H and O–H groups in total. The van der Waals surface area contributed by atoms with Crippen molar-refractivity contribution in [3.05, 3.63) is 46.8 Å². The van der Waals surface area contributed by atoms with Crippen LogP contribution in [0.5, 0.6) is 0 Å². The third-order valence-electron chi connectivity index (χ3n) is 4.03. The standard InChI is InChI=1S/C19H26N4O/c1-6-7-10-23(5)19-20-15(4)12-17(22-19)18(24)21-16-9-8-13(2)14(3)11-16/h8-9,11-12H,6-7,10H2,1-5H3,(H,21,24). The molecule has 0 aliphatic heterocycles. The highest BCUT2D eigenvalue weighted by molar-refractivity contribution is 6.03. The van der Waals surface area contributed by atoms with Crippen LogP contribution in [0.4, 0.5) is 11.6 Å². The molecule has 1 aromatic carbocycles. The number of amides is 1. The number of aromatic nitrogens is 2. The number of nitrogens with zero attached hydrogens (tertiary/aromatic N) is 3. The molecule has 0 saturated carbocycles. The van der Waals surface area contributed by atoms with Gasteiger partial charge in [0.25, 0.3) is 5.91 Å². The molecule has 2 aromatic rings. The Bertz CT molecular complexity index is 727. The normalized spacial score (nSPS) is 10.5. The van der Waals surface area contributed by atoms with E-state index in [2.05, 4.69) is 22.2 Å². The van der Waals surface area contributed by atoms with Gasteiger partial charge in [0.1, 0.15) is 5.69 Å². The molecule has 0 aliphatic rings. The Kier molecular flexibility index (Phi) is 5.90. The number of aryl methyl sites for hydroxylation is 3. The number of hydrogen-bond donors (Lipinski definition) is 1. The topological polar surface area (TPSA) is 58.1 Å². The smallest absolute Gasteiger partial charge is 0.274 e. The lowest BCUT2D eigenvalue weighted by Gasteiger charge is -2.17. The van der Waals surface area contributed by atoms with Gasteiger partial charge in [0, 0.05) is 25.0 Å². The number of carbonyl (C=O) groups is 1. The molecule has 0 aliphatic carbocycles. The molecule has 128 valence electrons. The van der Waals surface area contributed by atoms with Crippen molar-refractivity contribution >= 4 is 17.5 Å². The quantitative estimate of drug-likeness (QED) is 0.875. The molecule has 0 radical (unpaired) electrons. The van der Waals surface area contributed by atoms with Crippen molar-refractivity contribution < 1.29 is 4.79 Å². The summed E-state index contributed by atoms with van der Waals surface area (Å²) in [6.45, 7) is 8.98. The SMILES string of the molecule is CCCCN(C)c1nc(C)cc(C(=O)Nc2ccc(C)c(C)c2)n1. The summed E-state index contributed by atoms with van der Waals surface area (Å²) in [6, 6.07) is 7.59. The Morgan fingerprint density at radius 1 is 1.12 bits per heavy atom. The van der Waals surface area contributed by atoms with Crippen LogP contribution in [0.1, 0.15) is 47.1 Å². The third-order valence-corrected chi connectivity index (χ3v) is 4.03. The van der Waals surface area contributed by atoms with E-state index in [0.29, 0.717) is 11.6 Å². The highest BCUT2D eigenvalue weighted by Crippen LogP contribution is 2.16. The van der Waals surface area contributed by atoms with Crippen LogP contribution in [-0.2, 0) is 0 Å². The van der Waals surface area contributed by atoms with Gasteiger partial charge >= 0.3 is 0 Å². The summed E-state index contributed by atoms with van der Waals surface area (Å²) >= 11 is 0. The van der Waals surface area contributed by atoms with Crippen molar-refractivity contribution in [2.75, 3.05) is 23.8 Å². The van der Waals surface area contributed by atoms with E-state index in [4.69, 9.17) is 0 Å². The molecule has 0 bridgehead atoms. The lowest BCUT2D eigenvalue weighted by atomic mass is 10.1. The summed E-state index contributed by atoms with van der Waals surface area (Å²) in [5, 5.41) is 2.92. The van der Waals surface area contributed by atoms with E-state index in [1.54, 1.807) is 6.07 Å². The second-order valence-corrected chi connectivity index (χ2v) is 6.22. The first kappa shape index (κ1) is 17.9. The summed E-state index contributed by atoms with van der Waals surface area (Å²) in [5.41, 5.74) is 4.30. The van der Waals surface area contributed by atoms with E-state index in [0.717, 1.165) is 36.3 Å². The maximum atomic E-state index is 12.5. The lowest BCUT2D eigenvalue weighted by Crippen LogP contribution is -2.23. The highest BCUT2D eigenvalue weighted by atomic mass is 16.1. The molecule has 24 heavy (non-hydrogen) atoms. The van der Waals surface area contributed by atoms with Gasteiger partial charge in [-0.1, -0.05) is 19.4 Å². The number of unbranched alkanes of at least 4 members (excludes halogenated alkanes) is 1. The predicted molar refractivity (Wildman–Crippen MR) is 98.8 cm³/mol. The fourth-order valence-corrected chi connectivity index (χ4v) is 2.35. The zero-order chi connectivity index (χ0) is 17.7. The molecular formula is C19H26N4O. The van der Waals surface area contributed by atoms with Gasteiger partial charge in [-0.25, -0.2) is 9.97 Å². The van der Waals surface area contributed by atoms with Gasteiger partial charge in [0.05, 0.1) is 0 Å². The molecular weight excluding hydrogens is 300 g/mol. The molecule has 1 heterocycles. The Morgan fingerprint density at radius 2 is 1.88 bits per heavy atom. The number of carbonyl (C=O) groups excluding carboxylic acids is 1. The Balaban J connectivity index is 2.19. The predicted octanol–water partition coefficient (Wildman–Crippen LogP) is 3.89. The first-order chi connectivity index (χ1) is 11.4. The van der Waals surface area contributed by atoms with Crippen LogP contribution in [0.2, 0.25) is 0 Å². The van der Waals surface area contributed by atoms with E-state index in [-0.39, 0.29) is 5.91 Å². The minimum absolute atomic E-state index is 0.214. The van der Waals surface area contributed by atoms with Crippen molar-refractivity contribution in [2.24, 2.45) is 0 Å². The largest absolute Gasteiger partial charge is 0.344 e. The van der Waals surface area contributed by atoms with Gasteiger partial charge in [-0.2, -0.15) is 0 Å². The number of nitrogens with one attached hydrogen (secondary N) is 1. The zero-order valence-electron chi connectivity index (χ0n) is 15.2. The molecule has 5 heteroatoms. The maximum absolute atomic E-state index is 12.5. The molecule has 0 unspecified atom stereocenters. The number of rotatable bonds is 6. The van der Waals surface area contributed by atoms with Gasteiger partial charge in [0.15, 0.2) is 0 Å². The molecule has 5 nitrogen and oxygen atoms in total. The van der Waals surface area contributed by atoms with Crippen molar-refractivity contribution in [3.63, 3.8) is 0 Å². The van der Waals surface area contributed by atoms with Crippen LogP contribution in [0, 0.1) is 20.8 Å². The van der Waals surface area contributed by atoms with Gasteiger partial charge < -0.3 is 10.2 Å². The maximum Gasteiger partial charge on any atom is 0.274 e. The van der Waals surface area contributed by atoms with Crippen LogP contribution in [0.15, 0.2) is 24.3 Å². The van der Waals surface area contributed by atoms with E-state index in [1.807, 2.05) is 50.9 Å². The van der Waals surface area contributed by atoms with Crippen LogP contribution in [0.25, 0.3) is 0 Å². The highest BCUT2D eigenvalue weighted by Gasteiger charge is 2.13. The fourth-order valence-electron chi connectivity index (χ4n) is 2.35.